The number of nitrogens with one attached hydrogen (secondary N) is 4. The van der Waals surface area contributed by atoms with Crippen LogP contribution in [0, 0.1) is 0 Å². The number of hydrogen-bond donors (Lipinski definition) is 4. The highest BCUT2D eigenvalue weighted by molar-refractivity contribution is 5.94. The van der Waals surface area contributed by atoms with Gasteiger partial charge in [-0.15, -0.1) is 0 Å². The minimum Gasteiger partial charge on any atom is -0.459 e. The van der Waals surface area contributed by atoms with Crippen molar-refractivity contribution in [3.8, 4) is 0 Å². The van der Waals surface area contributed by atoms with Gasteiger partial charge in [-0.1, -0.05) is 182 Å². The Hall–Kier alpha value is -5.19. The van der Waals surface area contributed by atoms with Gasteiger partial charge in [-0.2, -0.15) is 0 Å². The van der Waals surface area contributed by atoms with Crippen LogP contribution >= 0.6 is 0 Å². The van der Waals surface area contributed by atoms with E-state index in [4.69, 9.17) is 28.4 Å². The van der Waals surface area contributed by atoms with Crippen LogP contribution in [0.5, 0.6) is 0 Å². The van der Waals surface area contributed by atoms with Crippen LogP contribution in [0.4, 0.5) is 0 Å². The van der Waals surface area contributed by atoms with Crippen molar-refractivity contribution < 1.29 is 52.4 Å². The predicted octanol–water partition coefficient (Wildman–Crippen LogP) is 7.72. The molecule has 0 saturated heterocycles. The van der Waals surface area contributed by atoms with E-state index in [0.717, 1.165) is 61.8 Å². The van der Waals surface area contributed by atoms with Crippen molar-refractivity contribution in [2.75, 3.05) is 66.0 Å². The Bertz CT molecular complexity index is 1840. The second-order valence-electron chi connectivity index (χ2n) is 17.7. The van der Waals surface area contributed by atoms with Crippen molar-refractivity contribution in [1.29, 1.82) is 0 Å². The minimum atomic E-state index is -1.29. The number of amides is 4. The molecule has 0 saturated carbocycles. The summed E-state index contributed by atoms with van der Waals surface area (Å²) in [5.74, 6) is -3.20. The lowest BCUT2D eigenvalue weighted by molar-refractivity contribution is -0.149. The van der Waals surface area contributed by atoms with Crippen molar-refractivity contribution in [1.82, 2.24) is 21.3 Å². The number of carbonyl (C=O) groups is 5. The Labute approximate surface area is 423 Å². The molecule has 3 atom stereocenters. The van der Waals surface area contributed by atoms with Gasteiger partial charge in [-0.25, -0.2) is 4.79 Å². The summed E-state index contributed by atoms with van der Waals surface area (Å²) in [6.07, 6.45) is 15.8. The summed E-state index contributed by atoms with van der Waals surface area (Å²) in [7, 11) is 0. The van der Waals surface area contributed by atoms with E-state index >= 15 is 0 Å². The summed E-state index contributed by atoms with van der Waals surface area (Å²) in [5.41, 5.74) is 2.41. The van der Waals surface area contributed by atoms with Gasteiger partial charge in [-0.05, 0) is 29.5 Å². The molecule has 4 N–H and O–H groups in total. The lowest BCUT2D eigenvalue weighted by Crippen LogP contribution is -2.56. The third-order valence-electron chi connectivity index (χ3n) is 11.5. The molecule has 3 rings (SSSR count). The first-order valence-electron chi connectivity index (χ1n) is 26.1. The van der Waals surface area contributed by atoms with Gasteiger partial charge in [0, 0.05) is 19.6 Å². The molecule has 0 aliphatic carbocycles. The van der Waals surface area contributed by atoms with Gasteiger partial charge in [0.2, 0.25) is 23.6 Å². The van der Waals surface area contributed by atoms with E-state index in [2.05, 4.69) is 35.1 Å². The van der Waals surface area contributed by atoms with Gasteiger partial charge < -0.3 is 49.7 Å². The second kappa shape index (κ2) is 40.4. The van der Waals surface area contributed by atoms with Gasteiger partial charge in [-0.3, -0.25) is 19.2 Å². The zero-order chi connectivity index (χ0) is 50.8. The van der Waals surface area contributed by atoms with Crippen molar-refractivity contribution in [2.24, 2.45) is 0 Å². The number of unbranched alkanes of at least 4 members (excludes halogenated alkanes) is 12. The van der Waals surface area contributed by atoms with Crippen LogP contribution in [0.15, 0.2) is 91.0 Å². The Balaban J connectivity index is 1.62. The van der Waals surface area contributed by atoms with Crippen LogP contribution in [0.3, 0.4) is 0 Å². The van der Waals surface area contributed by atoms with Crippen LogP contribution in [-0.2, 0) is 72.0 Å². The lowest BCUT2D eigenvalue weighted by atomic mass is 10.1. The SMILES string of the molecule is CCCCCCCCCCCCCCNC(=O)[C@H](CC(=O)N[C@@H](COCc1ccccc1)C(=O)N[C@@H](Cc1ccccc1)C(=O)OCc1ccccc1)NC(=O)COCCOCCOCCOCCCC. The molecule has 0 aliphatic rings. The number of hydrogen-bond acceptors (Lipinski definition) is 11. The van der Waals surface area contributed by atoms with Crippen molar-refractivity contribution in [3.05, 3.63) is 108 Å². The maximum atomic E-state index is 14.1. The fourth-order valence-corrected chi connectivity index (χ4v) is 7.45. The molecule has 4 amide bonds. The normalized spacial score (nSPS) is 12.4. The van der Waals surface area contributed by atoms with Gasteiger partial charge in [0.25, 0.3) is 0 Å². The van der Waals surface area contributed by atoms with E-state index in [0.29, 0.717) is 33.0 Å². The molecule has 15 heteroatoms. The average Bonchev–Trinajstić information content (AvgIpc) is 3.38. The molecule has 0 aromatic heterocycles. The number of ether oxygens (including phenoxy) is 6. The molecule has 3 aromatic carbocycles. The van der Waals surface area contributed by atoms with E-state index in [-0.39, 0.29) is 46.1 Å². The van der Waals surface area contributed by atoms with Gasteiger partial charge in [0.15, 0.2) is 0 Å². The Morgan fingerprint density at radius 1 is 0.437 bits per heavy atom. The van der Waals surface area contributed by atoms with Crippen molar-refractivity contribution in [2.45, 2.75) is 148 Å². The summed E-state index contributed by atoms with van der Waals surface area (Å²) < 4.78 is 33.7. The summed E-state index contributed by atoms with van der Waals surface area (Å²) in [6.45, 7) is 7.03. The first kappa shape index (κ1) is 60.1. The quantitative estimate of drug-likeness (QED) is 0.0321. The zero-order valence-electron chi connectivity index (χ0n) is 42.7. The number of rotatable bonds is 43. The minimum absolute atomic E-state index is 0.000229. The molecule has 71 heavy (non-hydrogen) atoms. The van der Waals surface area contributed by atoms with Crippen LogP contribution in [-0.4, -0.2) is 114 Å². The van der Waals surface area contributed by atoms with Crippen LogP contribution in [0.2, 0.25) is 0 Å². The monoisotopic (exact) mass is 989 g/mol. The fourth-order valence-electron chi connectivity index (χ4n) is 7.45. The molecule has 394 valence electrons. The number of benzene rings is 3. The largest absolute Gasteiger partial charge is 0.459 e. The van der Waals surface area contributed by atoms with Crippen LogP contribution in [0.25, 0.3) is 0 Å². The predicted molar refractivity (Wildman–Crippen MR) is 275 cm³/mol. The van der Waals surface area contributed by atoms with Crippen molar-refractivity contribution >= 4 is 29.6 Å². The van der Waals surface area contributed by atoms with E-state index in [9.17, 15) is 24.0 Å². The van der Waals surface area contributed by atoms with E-state index in [1.54, 1.807) is 0 Å². The van der Waals surface area contributed by atoms with Gasteiger partial charge in [0.05, 0.1) is 59.3 Å². The highest BCUT2D eigenvalue weighted by Crippen LogP contribution is 2.13. The molecule has 0 spiro atoms. The third kappa shape index (κ3) is 30.3. The maximum absolute atomic E-state index is 14.1. The van der Waals surface area contributed by atoms with Crippen LogP contribution < -0.4 is 21.3 Å². The molecule has 0 fully saturated rings. The highest BCUT2D eigenvalue weighted by atomic mass is 16.6. The molecule has 0 bridgehead atoms. The fraction of sp³-hybridized carbons (Fsp3) is 0.589. The second-order valence-corrected chi connectivity index (χ2v) is 17.7. The summed E-state index contributed by atoms with van der Waals surface area (Å²) in [6, 6.07) is 24.1. The first-order valence-corrected chi connectivity index (χ1v) is 26.1. The van der Waals surface area contributed by atoms with Gasteiger partial charge in [0.1, 0.15) is 31.3 Å². The number of esters is 1. The Kier molecular flexibility index (Phi) is 34.2. The Morgan fingerprint density at radius 2 is 0.915 bits per heavy atom. The molecule has 15 nitrogen and oxygen atoms in total. The van der Waals surface area contributed by atoms with E-state index < -0.39 is 54.1 Å². The molecular formula is C56H84N4O11. The van der Waals surface area contributed by atoms with Gasteiger partial charge >= 0.3 is 5.97 Å². The summed E-state index contributed by atoms with van der Waals surface area (Å²) in [5, 5.41) is 11.1. The van der Waals surface area contributed by atoms with E-state index in [1.807, 2.05) is 91.0 Å². The smallest absolute Gasteiger partial charge is 0.329 e. The topological polar surface area (TPSA) is 189 Å². The Morgan fingerprint density at radius 3 is 1.48 bits per heavy atom. The molecule has 0 unspecified atom stereocenters. The average molecular weight is 989 g/mol. The van der Waals surface area contributed by atoms with Crippen molar-refractivity contribution in [3.63, 3.8) is 0 Å². The van der Waals surface area contributed by atoms with E-state index in [1.165, 1.54) is 51.4 Å². The molecular weight excluding hydrogens is 905 g/mol. The molecule has 3 aromatic rings. The molecule has 0 radical (unpaired) electrons. The highest BCUT2D eigenvalue weighted by Gasteiger charge is 2.31. The molecule has 0 aliphatic heterocycles. The first-order chi connectivity index (χ1) is 34.8. The zero-order valence-corrected chi connectivity index (χ0v) is 42.7. The summed E-state index contributed by atoms with van der Waals surface area (Å²) >= 11 is 0. The summed E-state index contributed by atoms with van der Waals surface area (Å²) in [4.78, 5) is 68.5. The number of carbonyl (C=O) groups excluding carboxylic acids is 5. The lowest BCUT2D eigenvalue weighted by Gasteiger charge is -2.24. The maximum Gasteiger partial charge on any atom is 0.329 e. The third-order valence-corrected chi connectivity index (χ3v) is 11.5. The van der Waals surface area contributed by atoms with Crippen LogP contribution in [0.1, 0.15) is 127 Å². The molecule has 0 heterocycles. The standard InChI is InChI=1S/C56H84N4O11/c1-3-5-7-8-9-10-11-12-13-14-15-25-32-57-54(63)49(58-53(62)45-69-39-38-68-37-36-67-35-34-66-33-6-4-2)41-52(61)59-51(44-70-42-47-28-21-17-22-29-47)55(64)60-50(40-46-26-19-16-20-27-46)56(65)71-43-48-30-23-18-24-31-48/h16-24,26-31,49-51H,3-15,25,32-45H2,1-2H3,(H,57,63)(H,58,62)(H,59,61)(H,60,64)/t49-,50-,51-/m0/s1.